The maximum Gasteiger partial charge on any atom is 0.315 e. The summed E-state index contributed by atoms with van der Waals surface area (Å²) in [5, 5.41) is 5.86. The first kappa shape index (κ1) is 14.6. The van der Waals surface area contributed by atoms with Crippen LogP contribution in [0.15, 0.2) is 24.3 Å². The monoisotopic (exact) mass is 248 g/mol. The van der Waals surface area contributed by atoms with Crippen LogP contribution < -0.4 is 10.6 Å². The lowest BCUT2D eigenvalue weighted by Gasteiger charge is -2.15. The van der Waals surface area contributed by atoms with Gasteiger partial charge in [0.1, 0.15) is 0 Å². The van der Waals surface area contributed by atoms with Gasteiger partial charge >= 0.3 is 6.03 Å². The topological polar surface area (TPSA) is 41.1 Å². The second-order valence-electron chi connectivity index (χ2n) is 4.65. The molecule has 100 valence electrons. The molecule has 0 aromatic heterocycles. The van der Waals surface area contributed by atoms with E-state index < -0.39 is 0 Å². The van der Waals surface area contributed by atoms with Gasteiger partial charge in [-0.25, -0.2) is 4.79 Å². The first-order valence-corrected chi connectivity index (χ1v) is 6.75. The molecule has 1 aromatic rings. The van der Waals surface area contributed by atoms with E-state index in [2.05, 4.69) is 55.7 Å². The Kier molecular flexibility index (Phi) is 6.26. The Morgan fingerprint density at radius 2 is 2.00 bits per heavy atom. The summed E-state index contributed by atoms with van der Waals surface area (Å²) in [7, 11) is 0. The fraction of sp³-hybridized carbons (Fsp3) is 0.533. The number of hydrogen-bond donors (Lipinski definition) is 2. The van der Waals surface area contributed by atoms with Gasteiger partial charge in [0.15, 0.2) is 0 Å². The average molecular weight is 248 g/mol. The van der Waals surface area contributed by atoms with Crippen LogP contribution in [-0.2, 0) is 6.42 Å². The van der Waals surface area contributed by atoms with Crippen molar-refractivity contribution in [2.24, 2.45) is 0 Å². The summed E-state index contributed by atoms with van der Waals surface area (Å²) >= 11 is 0. The van der Waals surface area contributed by atoms with E-state index in [1.807, 2.05) is 0 Å². The molecule has 0 spiro atoms. The highest BCUT2D eigenvalue weighted by Crippen LogP contribution is 2.03. The number of nitrogens with one attached hydrogen (secondary N) is 2. The van der Waals surface area contributed by atoms with Crippen molar-refractivity contribution >= 4 is 6.03 Å². The molecule has 0 atom stereocenters. The number of rotatable bonds is 6. The minimum atomic E-state index is -0.0589. The SMILES string of the molecule is CCC(CC)NC(=O)NCCc1cccc(C)c1. The molecule has 0 saturated carbocycles. The van der Waals surface area contributed by atoms with Crippen molar-refractivity contribution in [1.29, 1.82) is 0 Å². The summed E-state index contributed by atoms with van der Waals surface area (Å²) in [5.74, 6) is 0. The summed E-state index contributed by atoms with van der Waals surface area (Å²) in [6.45, 7) is 6.93. The predicted molar refractivity (Wildman–Crippen MR) is 75.8 cm³/mol. The molecular weight excluding hydrogens is 224 g/mol. The van der Waals surface area contributed by atoms with Crippen LogP contribution in [0.3, 0.4) is 0 Å². The summed E-state index contributed by atoms with van der Waals surface area (Å²) in [6.07, 6.45) is 2.82. The van der Waals surface area contributed by atoms with Crippen molar-refractivity contribution in [3.63, 3.8) is 0 Å². The van der Waals surface area contributed by atoms with Crippen molar-refractivity contribution in [2.75, 3.05) is 6.54 Å². The van der Waals surface area contributed by atoms with E-state index in [1.54, 1.807) is 0 Å². The van der Waals surface area contributed by atoms with E-state index in [4.69, 9.17) is 0 Å². The van der Waals surface area contributed by atoms with Crippen LogP contribution in [0.2, 0.25) is 0 Å². The number of aryl methyl sites for hydroxylation is 1. The van der Waals surface area contributed by atoms with Crippen LogP contribution in [0.4, 0.5) is 4.79 Å². The molecule has 1 rings (SSSR count). The number of carbonyl (C=O) groups is 1. The zero-order valence-electron chi connectivity index (χ0n) is 11.6. The van der Waals surface area contributed by atoms with Crippen molar-refractivity contribution in [3.8, 4) is 0 Å². The molecule has 2 N–H and O–H groups in total. The van der Waals surface area contributed by atoms with Crippen LogP contribution in [-0.4, -0.2) is 18.6 Å². The summed E-state index contributed by atoms with van der Waals surface area (Å²) in [6, 6.07) is 8.60. The Morgan fingerprint density at radius 3 is 2.61 bits per heavy atom. The average Bonchev–Trinajstić information content (AvgIpc) is 2.36. The molecule has 0 aliphatic rings. The van der Waals surface area contributed by atoms with Gasteiger partial charge in [0.25, 0.3) is 0 Å². The lowest BCUT2D eigenvalue weighted by atomic mass is 10.1. The van der Waals surface area contributed by atoms with Crippen molar-refractivity contribution in [3.05, 3.63) is 35.4 Å². The number of urea groups is 1. The smallest absolute Gasteiger partial charge is 0.315 e. The third kappa shape index (κ3) is 5.21. The molecule has 3 heteroatoms. The fourth-order valence-corrected chi connectivity index (χ4v) is 1.92. The van der Waals surface area contributed by atoms with E-state index in [1.165, 1.54) is 11.1 Å². The van der Waals surface area contributed by atoms with Gasteiger partial charge < -0.3 is 10.6 Å². The Morgan fingerprint density at radius 1 is 1.28 bits per heavy atom. The third-order valence-corrected chi connectivity index (χ3v) is 3.10. The van der Waals surface area contributed by atoms with Crippen molar-refractivity contribution in [2.45, 2.75) is 46.1 Å². The number of amides is 2. The van der Waals surface area contributed by atoms with E-state index in [-0.39, 0.29) is 12.1 Å². The molecule has 0 saturated heterocycles. The molecule has 0 aliphatic heterocycles. The van der Waals surface area contributed by atoms with Crippen LogP contribution in [0, 0.1) is 6.92 Å². The van der Waals surface area contributed by atoms with Gasteiger partial charge in [0, 0.05) is 12.6 Å². The molecule has 0 fully saturated rings. The zero-order chi connectivity index (χ0) is 13.4. The minimum absolute atomic E-state index is 0.0589. The number of carbonyl (C=O) groups excluding carboxylic acids is 1. The van der Waals surface area contributed by atoms with Gasteiger partial charge in [0.2, 0.25) is 0 Å². The molecule has 0 aliphatic carbocycles. The molecule has 18 heavy (non-hydrogen) atoms. The van der Waals surface area contributed by atoms with Crippen molar-refractivity contribution < 1.29 is 4.79 Å². The molecule has 3 nitrogen and oxygen atoms in total. The fourth-order valence-electron chi connectivity index (χ4n) is 1.92. The first-order valence-electron chi connectivity index (χ1n) is 6.75. The quantitative estimate of drug-likeness (QED) is 0.798. The molecular formula is C15H24N2O. The van der Waals surface area contributed by atoms with Crippen LogP contribution in [0.25, 0.3) is 0 Å². The Bertz CT molecular complexity index is 373. The number of hydrogen-bond acceptors (Lipinski definition) is 1. The summed E-state index contributed by atoms with van der Waals surface area (Å²) < 4.78 is 0. The molecule has 0 heterocycles. The lowest BCUT2D eigenvalue weighted by Crippen LogP contribution is -2.42. The van der Waals surface area contributed by atoms with Gasteiger partial charge in [-0.05, 0) is 31.7 Å². The Balaban J connectivity index is 2.27. The summed E-state index contributed by atoms with van der Waals surface area (Å²) in [4.78, 5) is 11.6. The normalized spacial score (nSPS) is 10.4. The van der Waals surface area contributed by atoms with E-state index in [9.17, 15) is 4.79 Å². The van der Waals surface area contributed by atoms with Crippen LogP contribution in [0.5, 0.6) is 0 Å². The standard InChI is InChI=1S/C15H24N2O/c1-4-14(5-2)17-15(18)16-10-9-13-8-6-7-12(3)11-13/h6-8,11,14H,4-5,9-10H2,1-3H3,(H2,16,17,18). The predicted octanol–water partition coefficient (Wildman–Crippen LogP) is 3.03. The van der Waals surface area contributed by atoms with Crippen molar-refractivity contribution in [1.82, 2.24) is 10.6 Å². The second kappa shape index (κ2) is 7.75. The zero-order valence-corrected chi connectivity index (χ0v) is 11.6. The van der Waals surface area contributed by atoms with Gasteiger partial charge in [-0.3, -0.25) is 0 Å². The van der Waals surface area contributed by atoms with Gasteiger partial charge in [0.05, 0.1) is 0 Å². The number of benzene rings is 1. The van der Waals surface area contributed by atoms with E-state index in [0.717, 1.165) is 19.3 Å². The molecule has 0 bridgehead atoms. The maximum atomic E-state index is 11.6. The highest BCUT2D eigenvalue weighted by Gasteiger charge is 2.06. The Hall–Kier alpha value is -1.51. The molecule has 1 aromatic carbocycles. The lowest BCUT2D eigenvalue weighted by molar-refractivity contribution is 0.236. The van der Waals surface area contributed by atoms with E-state index >= 15 is 0 Å². The van der Waals surface area contributed by atoms with E-state index in [0.29, 0.717) is 6.54 Å². The summed E-state index contributed by atoms with van der Waals surface area (Å²) in [5.41, 5.74) is 2.52. The highest BCUT2D eigenvalue weighted by molar-refractivity contribution is 5.74. The largest absolute Gasteiger partial charge is 0.338 e. The molecule has 2 amide bonds. The Labute approximate surface area is 110 Å². The molecule has 0 unspecified atom stereocenters. The van der Waals surface area contributed by atoms with Gasteiger partial charge in [-0.1, -0.05) is 43.7 Å². The maximum absolute atomic E-state index is 11.6. The minimum Gasteiger partial charge on any atom is -0.338 e. The third-order valence-electron chi connectivity index (χ3n) is 3.10. The first-order chi connectivity index (χ1) is 8.65. The highest BCUT2D eigenvalue weighted by atomic mass is 16.2. The molecule has 0 radical (unpaired) electrons. The van der Waals surface area contributed by atoms with Crippen LogP contribution in [0.1, 0.15) is 37.8 Å². The second-order valence-corrected chi connectivity index (χ2v) is 4.65. The van der Waals surface area contributed by atoms with Crippen LogP contribution >= 0.6 is 0 Å². The van der Waals surface area contributed by atoms with Gasteiger partial charge in [-0.15, -0.1) is 0 Å². The van der Waals surface area contributed by atoms with Gasteiger partial charge in [-0.2, -0.15) is 0 Å².